The van der Waals surface area contributed by atoms with Crippen molar-refractivity contribution in [1.29, 1.82) is 0 Å². The van der Waals surface area contributed by atoms with Crippen molar-refractivity contribution in [3.8, 4) is 11.5 Å². The van der Waals surface area contributed by atoms with Crippen LogP contribution in [0.5, 0.6) is 0 Å². The van der Waals surface area contributed by atoms with Crippen LogP contribution < -0.4 is 0 Å². The molecule has 0 saturated carbocycles. The van der Waals surface area contributed by atoms with Crippen molar-refractivity contribution in [1.82, 2.24) is 34.9 Å². The van der Waals surface area contributed by atoms with Gasteiger partial charge in [0, 0.05) is 31.6 Å². The maximum absolute atomic E-state index is 13.1. The summed E-state index contributed by atoms with van der Waals surface area (Å²) >= 11 is 0. The molecule has 9 heteroatoms. The minimum Gasteiger partial charge on any atom is -0.337 e. The van der Waals surface area contributed by atoms with Gasteiger partial charge in [0.15, 0.2) is 11.5 Å². The highest BCUT2D eigenvalue weighted by Gasteiger charge is 2.28. The van der Waals surface area contributed by atoms with E-state index >= 15 is 0 Å². The van der Waals surface area contributed by atoms with Crippen LogP contribution in [0, 0.1) is 0 Å². The number of amides is 2. The third kappa shape index (κ3) is 3.47. The number of hydrogen-bond donors (Lipinski definition) is 2. The zero-order valence-electron chi connectivity index (χ0n) is 18.2. The molecule has 1 fully saturated rings. The lowest BCUT2D eigenvalue weighted by Gasteiger charge is -2.34. The second kappa shape index (κ2) is 8.11. The van der Waals surface area contributed by atoms with Crippen LogP contribution in [0.15, 0.2) is 66.7 Å². The smallest absolute Gasteiger partial charge is 0.275 e. The molecule has 1 aliphatic heterocycles. The Labute approximate surface area is 194 Å². The first-order chi connectivity index (χ1) is 16.7. The molecule has 0 atom stereocenters. The first-order valence-electron chi connectivity index (χ1n) is 11.1. The van der Waals surface area contributed by atoms with Gasteiger partial charge in [0.1, 0.15) is 11.4 Å². The molecular weight excluding hydrogens is 430 g/mol. The second-order valence-electron chi connectivity index (χ2n) is 8.21. The topological polar surface area (TPSA) is 111 Å². The van der Waals surface area contributed by atoms with Gasteiger partial charge in [-0.1, -0.05) is 36.4 Å². The summed E-state index contributed by atoms with van der Waals surface area (Å²) in [5.74, 6) is 0.335. The molecule has 0 bridgehead atoms. The number of nitrogens with zero attached hydrogens (tertiary/aromatic N) is 5. The van der Waals surface area contributed by atoms with Gasteiger partial charge in [0.05, 0.1) is 16.6 Å². The molecule has 0 radical (unpaired) electrons. The molecule has 168 valence electrons. The second-order valence-corrected chi connectivity index (χ2v) is 8.21. The van der Waals surface area contributed by atoms with Gasteiger partial charge in [-0.25, -0.2) is 9.97 Å². The molecule has 34 heavy (non-hydrogen) atoms. The number of H-pyrrole nitrogens is 2. The number of piperazine rings is 1. The van der Waals surface area contributed by atoms with Crippen molar-refractivity contribution < 1.29 is 9.59 Å². The van der Waals surface area contributed by atoms with E-state index in [4.69, 9.17) is 0 Å². The van der Waals surface area contributed by atoms with Crippen molar-refractivity contribution >= 4 is 33.8 Å². The number of fused-ring (bicyclic) bond motifs is 2. The molecule has 2 amide bonds. The molecule has 9 nitrogen and oxygen atoms in total. The minimum absolute atomic E-state index is 0.130. The predicted molar refractivity (Wildman–Crippen MR) is 127 cm³/mol. The number of hydrogen-bond acceptors (Lipinski definition) is 5. The van der Waals surface area contributed by atoms with Gasteiger partial charge >= 0.3 is 0 Å². The van der Waals surface area contributed by atoms with Gasteiger partial charge in [-0.3, -0.25) is 14.7 Å². The van der Waals surface area contributed by atoms with Gasteiger partial charge in [-0.2, -0.15) is 5.10 Å². The molecule has 0 spiro atoms. The van der Waals surface area contributed by atoms with Crippen LogP contribution in [0.2, 0.25) is 0 Å². The Kier molecular flexibility index (Phi) is 4.80. The Balaban J connectivity index is 1.16. The van der Waals surface area contributed by atoms with Gasteiger partial charge in [0.2, 0.25) is 0 Å². The maximum atomic E-state index is 13.1. The van der Waals surface area contributed by atoms with Gasteiger partial charge in [-0.15, -0.1) is 0 Å². The number of rotatable bonds is 3. The first kappa shape index (κ1) is 20.1. The standard InChI is InChI=1S/C25H21N7O2/c33-24(21-11-5-10-20(26-21)23-27-18-8-3-4-9-19(18)28-23)31-12-14-32(15-13-31)25(34)22-16-6-1-2-7-17(16)29-30-22/h1-11H,12-15H2,(H,27,28)(H,29,30). The predicted octanol–water partition coefficient (Wildman–Crippen LogP) is 3.10. The SMILES string of the molecule is O=C(c1cccc(-c2nc3ccccc3[nH]2)n1)N1CCN(C(=O)c2n[nH]c3ccccc23)CC1. The fourth-order valence-electron chi connectivity index (χ4n) is 4.31. The van der Waals surface area contributed by atoms with E-state index < -0.39 is 0 Å². The number of imidazole rings is 1. The first-order valence-corrected chi connectivity index (χ1v) is 11.1. The number of carbonyl (C=O) groups excluding carboxylic acids is 2. The summed E-state index contributed by atoms with van der Waals surface area (Å²) in [6.45, 7) is 1.75. The summed E-state index contributed by atoms with van der Waals surface area (Å²) in [4.78, 5) is 42.0. The van der Waals surface area contributed by atoms with Crippen LogP contribution in [0.4, 0.5) is 0 Å². The summed E-state index contributed by atoms with van der Waals surface area (Å²) in [6, 6.07) is 20.7. The summed E-state index contributed by atoms with van der Waals surface area (Å²) in [5, 5.41) is 7.92. The van der Waals surface area contributed by atoms with Crippen LogP contribution in [0.1, 0.15) is 21.0 Å². The quantitative estimate of drug-likeness (QED) is 0.438. The van der Waals surface area contributed by atoms with Crippen LogP contribution in [0.25, 0.3) is 33.5 Å². The molecule has 0 aliphatic carbocycles. The summed E-state index contributed by atoms with van der Waals surface area (Å²) in [5.41, 5.74) is 3.98. The van der Waals surface area contributed by atoms with Crippen molar-refractivity contribution in [3.63, 3.8) is 0 Å². The van der Waals surface area contributed by atoms with Crippen molar-refractivity contribution in [2.75, 3.05) is 26.2 Å². The van der Waals surface area contributed by atoms with E-state index in [-0.39, 0.29) is 11.8 Å². The normalized spacial score (nSPS) is 14.1. The Hall–Kier alpha value is -4.53. The number of benzene rings is 2. The maximum Gasteiger partial charge on any atom is 0.275 e. The minimum atomic E-state index is -0.157. The molecular formula is C25H21N7O2. The molecule has 0 unspecified atom stereocenters. The van der Waals surface area contributed by atoms with Crippen LogP contribution >= 0.6 is 0 Å². The highest BCUT2D eigenvalue weighted by atomic mass is 16.2. The van der Waals surface area contributed by atoms with E-state index in [0.29, 0.717) is 49.1 Å². The van der Waals surface area contributed by atoms with Gasteiger partial charge < -0.3 is 14.8 Å². The number of para-hydroxylation sites is 3. The number of aromatic nitrogens is 5. The molecule has 1 saturated heterocycles. The van der Waals surface area contributed by atoms with E-state index in [0.717, 1.165) is 21.9 Å². The third-order valence-electron chi connectivity index (χ3n) is 6.13. The molecule has 5 aromatic rings. The Morgan fingerprint density at radius 1 is 0.735 bits per heavy atom. The third-order valence-corrected chi connectivity index (χ3v) is 6.13. The summed E-state index contributed by atoms with van der Waals surface area (Å²) in [6.07, 6.45) is 0. The van der Waals surface area contributed by atoms with E-state index in [1.165, 1.54) is 0 Å². The fraction of sp³-hybridized carbons (Fsp3) is 0.160. The van der Waals surface area contributed by atoms with Gasteiger partial charge in [0.25, 0.3) is 11.8 Å². The molecule has 2 aromatic carbocycles. The van der Waals surface area contributed by atoms with Crippen molar-refractivity contribution in [2.45, 2.75) is 0 Å². The van der Waals surface area contributed by atoms with Crippen LogP contribution in [0.3, 0.4) is 0 Å². The molecule has 6 rings (SSSR count). The van der Waals surface area contributed by atoms with E-state index in [9.17, 15) is 9.59 Å². The van der Waals surface area contributed by atoms with Crippen molar-refractivity contribution in [3.05, 3.63) is 78.1 Å². The number of pyridine rings is 1. The average molecular weight is 451 g/mol. The summed E-state index contributed by atoms with van der Waals surface area (Å²) in [7, 11) is 0. The molecule has 1 aliphatic rings. The Morgan fingerprint density at radius 2 is 1.44 bits per heavy atom. The largest absolute Gasteiger partial charge is 0.337 e. The molecule has 4 heterocycles. The average Bonchev–Trinajstić information content (AvgIpc) is 3.53. The van der Waals surface area contributed by atoms with Crippen LogP contribution in [-0.2, 0) is 0 Å². The number of nitrogens with one attached hydrogen (secondary N) is 2. The summed E-state index contributed by atoms with van der Waals surface area (Å²) < 4.78 is 0. The van der Waals surface area contributed by atoms with E-state index in [1.807, 2.05) is 60.7 Å². The zero-order valence-corrected chi connectivity index (χ0v) is 18.2. The lowest BCUT2D eigenvalue weighted by molar-refractivity contribution is 0.0530. The Bertz CT molecular complexity index is 1500. The van der Waals surface area contributed by atoms with E-state index in [2.05, 4.69) is 25.1 Å². The number of carbonyl (C=O) groups is 2. The zero-order chi connectivity index (χ0) is 23.1. The number of aromatic amines is 2. The molecule has 3 aromatic heterocycles. The highest BCUT2D eigenvalue weighted by molar-refractivity contribution is 6.04. The lowest BCUT2D eigenvalue weighted by atomic mass is 10.2. The molecule has 2 N–H and O–H groups in total. The van der Waals surface area contributed by atoms with Crippen LogP contribution in [-0.4, -0.2) is 72.9 Å². The lowest BCUT2D eigenvalue weighted by Crippen LogP contribution is -2.50. The van der Waals surface area contributed by atoms with Crippen molar-refractivity contribution in [2.24, 2.45) is 0 Å². The van der Waals surface area contributed by atoms with Gasteiger partial charge in [-0.05, 0) is 30.3 Å². The Morgan fingerprint density at radius 3 is 2.24 bits per heavy atom. The fourth-order valence-corrected chi connectivity index (χ4v) is 4.31. The monoisotopic (exact) mass is 451 g/mol. The highest BCUT2D eigenvalue weighted by Crippen LogP contribution is 2.21. The van der Waals surface area contributed by atoms with E-state index in [1.54, 1.807) is 15.9 Å².